The molecule has 2 rings (SSSR count). The predicted molar refractivity (Wildman–Crippen MR) is 72.2 cm³/mol. The highest BCUT2D eigenvalue weighted by molar-refractivity contribution is 6.05. The van der Waals surface area contributed by atoms with Crippen molar-refractivity contribution in [2.24, 2.45) is 0 Å². The average Bonchev–Trinajstić information content (AvgIpc) is 2.41. The van der Waals surface area contributed by atoms with Gasteiger partial charge in [-0.25, -0.2) is 4.39 Å². The van der Waals surface area contributed by atoms with Crippen LogP contribution < -0.4 is 5.32 Å². The molecule has 0 fully saturated rings. The highest BCUT2D eigenvalue weighted by atomic mass is 19.1. The van der Waals surface area contributed by atoms with Crippen molar-refractivity contribution in [2.45, 2.75) is 6.92 Å². The summed E-state index contributed by atoms with van der Waals surface area (Å²) in [5.41, 5.74) is 0.869. The minimum atomic E-state index is -0.562. The number of nitrogens with one attached hydrogen (secondary N) is 1. The van der Waals surface area contributed by atoms with Crippen molar-refractivity contribution in [1.29, 1.82) is 0 Å². The van der Waals surface area contributed by atoms with Gasteiger partial charge in [-0.05, 0) is 42.8 Å². The number of halogens is 1. The Hall–Kier alpha value is -2.76. The van der Waals surface area contributed by atoms with Gasteiger partial charge < -0.3 is 5.32 Å². The van der Waals surface area contributed by atoms with Gasteiger partial charge in [0, 0.05) is 11.6 Å². The Morgan fingerprint density at radius 2 is 1.85 bits per heavy atom. The van der Waals surface area contributed by atoms with Gasteiger partial charge in [-0.1, -0.05) is 6.07 Å². The Labute approximate surface area is 114 Å². The quantitative estimate of drug-likeness (QED) is 0.689. The lowest BCUT2D eigenvalue weighted by molar-refractivity contribution is -0.384. The van der Waals surface area contributed by atoms with Gasteiger partial charge in [-0.2, -0.15) is 0 Å². The smallest absolute Gasteiger partial charge is 0.293 e. The summed E-state index contributed by atoms with van der Waals surface area (Å²) >= 11 is 0. The number of hydrogen-bond donors (Lipinski definition) is 1. The first-order chi connectivity index (χ1) is 9.47. The molecule has 0 atom stereocenters. The zero-order chi connectivity index (χ0) is 14.7. The summed E-state index contributed by atoms with van der Waals surface area (Å²) in [5.74, 6) is -0.986. The van der Waals surface area contributed by atoms with E-state index in [0.717, 1.165) is 17.7 Å². The maximum Gasteiger partial charge on any atom is 0.293 e. The third-order valence-corrected chi connectivity index (χ3v) is 2.70. The zero-order valence-electron chi connectivity index (χ0n) is 10.6. The van der Waals surface area contributed by atoms with Crippen LogP contribution in [0.5, 0.6) is 0 Å². The zero-order valence-corrected chi connectivity index (χ0v) is 10.6. The first kappa shape index (κ1) is 13.7. The predicted octanol–water partition coefficient (Wildman–Crippen LogP) is 3.29. The maximum absolute atomic E-state index is 12.8. The third kappa shape index (κ3) is 2.97. The lowest BCUT2D eigenvalue weighted by Crippen LogP contribution is -2.13. The number of nitrogens with zero attached hydrogens (tertiary/aromatic N) is 1. The summed E-state index contributed by atoms with van der Waals surface area (Å²) in [5, 5.41) is 13.4. The fraction of sp³-hybridized carbons (Fsp3) is 0.0714. The second kappa shape index (κ2) is 5.48. The molecule has 5 nitrogen and oxygen atoms in total. The number of nitro groups is 1. The maximum atomic E-state index is 12.8. The molecule has 0 radical (unpaired) electrons. The van der Waals surface area contributed by atoms with E-state index in [1.165, 1.54) is 24.3 Å². The third-order valence-electron chi connectivity index (χ3n) is 2.70. The van der Waals surface area contributed by atoms with E-state index >= 15 is 0 Å². The van der Waals surface area contributed by atoms with Gasteiger partial charge in [-0.15, -0.1) is 0 Å². The highest BCUT2D eigenvalue weighted by Gasteiger charge is 2.16. The molecule has 2 aromatic rings. The van der Waals surface area contributed by atoms with Crippen LogP contribution in [0.15, 0.2) is 42.5 Å². The van der Waals surface area contributed by atoms with Crippen molar-refractivity contribution >= 4 is 17.3 Å². The minimum absolute atomic E-state index is 0.106. The average molecular weight is 274 g/mol. The SMILES string of the molecule is Cc1ccc(NC(=O)c2ccc(F)cc2)c([N+](=O)[O-])c1. The van der Waals surface area contributed by atoms with Crippen molar-refractivity contribution in [3.8, 4) is 0 Å². The fourth-order valence-corrected chi connectivity index (χ4v) is 1.69. The first-order valence-electron chi connectivity index (χ1n) is 5.79. The molecule has 0 aliphatic carbocycles. The molecule has 0 heterocycles. The molecule has 2 aromatic carbocycles. The van der Waals surface area contributed by atoms with Crippen LogP contribution in [0.2, 0.25) is 0 Å². The molecule has 20 heavy (non-hydrogen) atoms. The first-order valence-corrected chi connectivity index (χ1v) is 5.79. The van der Waals surface area contributed by atoms with Gasteiger partial charge in [0.2, 0.25) is 0 Å². The Balaban J connectivity index is 2.28. The van der Waals surface area contributed by atoms with Crippen molar-refractivity contribution in [1.82, 2.24) is 0 Å². The standard InChI is InChI=1S/C14H11FN2O3/c1-9-2-7-12(13(8-9)17(19)20)16-14(18)10-3-5-11(15)6-4-10/h2-8H,1H3,(H,16,18). The summed E-state index contributed by atoms with van der Waals surface area (Å²) in [6.45, 7) is 1.72. The molecule has 0 bridgehead atoms. The Morgan fingerprint density at radius 1 is 1.20 bits per heavy atom. The summed E-state index contributed by atoms with van der Waals surface area (Å²) in [7, 11) is 0. The summed E-state index contributed by atoms with van der Waals surface area (Å²) in [4.78, 5) is 22.3. The Morgan fingerprint density at radius 3 is 2.45 bits per heavy atom. The number of benzene rings is 2. The van der Waals surface area contributed by atoms with Crippen molar-refractivity contribution in [3.05, 3.63) is 69.5 Å². The van der Waals surface area contributed by atoms with Crippen LogP contribution >= 0.6 is 0 Å². The van der Waals surface area contributed by atoms with Crippen LogP contribution in [0.3, 0.4) is 0 Å². The van der Waals surface area contributed by atoms with Crippen LogP contribution in [0.1, 0.15) is 15.9 Å². The van der Waals surface area contributed by atoms with Crippen LogP contribution in [-0.4, -0.2) is 10.8 Å². The van der Waals surface area contributed by atoms with Gasteiger partial charge in [0.1, 0.15) is 11.5 Å². The second-order valence-electron chi connectivity index (χ2n) is 4.24. The van der Waals surface area contributed by atoms with Gasteiger partial charge >= 0.3 is 0 Å². The molecule has 0 saturated heterocycles. The molecule has 1 N–H and O–H groups in total. The lowest BCUT2D eigenvalue weighted by Gasteiger charge is -2.06. The minimum Gasteiger partial charge on any atom is -0.316 e. The van der Waals surface area contributed by atoms with Crippen LogP contribution in [0, 0.1) is 22.9 Å². The number of aryl methyl sites for hydroxylation is 1. The summed E-state index contributed by atoms with van der Waals surface area (Å²) in [6, 6.07) is 9.43. The van der Waals surface area contributed by atoms with E-state index in [0.29, 0.717) is 0 Å². The molecular weight excluding hydrogens is 263 g/mol. The molecule has 0 aliphatic rings. The van der Waals surface area contributed by atoms with Crippen LogP contribution in [0.4, 0.5) is 15.8 Å². The normalized spacial score (nSPS) is 10.1. The molecule has 0 aliphatic heterocycles. The number of amides is 1. The van der Waals surface area contributed by atoms with Gasteiger partial charge in [0.25, 0.3) is 11.6 Å². The van der Waals surface area contributed by atoms with E-state index in [1.54, 1.807) is 13.0 Å². The van der Waals surface area contributed by atoms with Crippen molar-refractivity contribution in [2.75, 3.05) is 5.32 Å². The van der Waals surface area contributed by atoms with Gasteiger partial charge in [0.05, 0.1) is 4.92 Å². The number of carbonyl (C=O) groups is 1. The molecule has 0 spiro atoms. The fourth-order valence-electron chi connectivity index (χ4n) is 1.69. The number of hydrogen-bond acceptors (Lipinski definition) is 3. The highest BCUT2D eigenvalue weighted by Crippen LogP contribution is 2.25. The monoisotopic (exact) mass is 274 g/mol. The number of carbonyl (C=O) groups excluding carboxylic acids is 1. The lowest BCUT2D eigenvalue weighted by atomic mass is 10.1. The molecule has 0 saturated carbocycles. The molecule has 1 amide bonds. The molecular formula is C14H11FN2O3. The van der Waals surface area contributed by atoms with Crippen LogP contribution in [0.25, 0.3) is 0 Å². The van der Waals surface area contributed by atoms with E-state index in [4.69, 9.17) is 0 Å². The van der Waals surface area contributed by atoms with Crippen molar-refractivity contribution < 1.29 is 14.1 Å². The topological polar surface area (TPSA) is 72.2 Å². The van der Waals surface area contributed by atoms with Gasteiger partial charge in [0.15, 0.2) is 0 Å². The van der Waals surface area contributed by atoms with E-state index in [1.807, 2.05) is 0 Å². The Kier molecular flexibility index (Phi) is 3.74. The van der Waals surface area contributed by atoms with Crippen LogP contribution in [-0.2, 0) is 0 Å². The number of nitro benzene ring substituents is 1. The van der Waals surface area contributed by atoms with E-state index in [-0.39, 0.29) is 16.9 Å². The largest absolute Gasteiger partial charge is 0.316 e. The van der Waals surface area contributed by atoms with Gasteiger partial charge in [-0.3, -0.25) is 14.9 Å². The molecule has 102 valence electrons. The second-order valence-corrected chi connectivity index (χ2v) is 4.24. The number of anilines is 1. The van der Waals surface area contributed by atoms with E-state index in [9.17, 15) is 19.3 Å². The molecule has 0 aromatic heterocycles. The van der Waals surface area contributed by atoms with E-state index in [2.05, 4.69) is 5.32 Å². The van der Waals surface area contributed by atoms with E-state index < -0.39 is 16.6 Å². The Bertz CT molecular complexity index is 669. The molecule has 6 heteroatoms. The summed E-state index contributed by atoms with van der Waals surface area (Å²) < 4.78 is 12.8. The summed E-state index contributed by atoms with van der Waals surface area (Å²) in [6.07, 6.45) is 0. The number of rotatable bonds is 3. The van der Waals surface area contributed by atoms with Crippen molar-refractivity contribution in [3.63, 3.8) is 0 Å². The molecule has 0 unspecified atom stereocenters.